The molecule has 28 heavy (non-hydrogen) atoms. The summed E-state index contributed by atoms with van der Waals surface area (Å²) in [7, 11) is -3.65. The van der Waals surface area contributed by atoms with E-state index in [9.17, 15) is 8.42 Å². The number of pyridine rings is 1. The van der Waals surface area contributed by atoms with E-state index in [1.165, 1.54) is 0 Å². The number of nitrogens with zero attached hydrogens (tertiary/aromatic N) is 5. The average Bonchev–Trinajstić information content (AvgIpc) is 3.17. The summed E-state index contributed by atoms with van der Waals surface area (Å²) in [5.74, 6) is 0.987. The van der Waals surface area contributed by atoms with E-state index >= 15 is 0 Å². The summed E-state index contributed by atoms with van der Waals surface area (Å²) >= 11 is 1.02. The van der Waals surface area contributed by atoms with E-state index in [4.69, 9.17) is 0 Å². The number of fused-ring (bicyclic) bond motifs is 1. The van der Waals surface area contributed by atoms with E-state index in [-0.39, 0.29) is 10.9 Å². The molecule has 1 unspecified atom stereocenters. The highest BCUT2D eigenvalue weighted by molar-refractivity contribution is 7.89. The van der Waals surface area contributed by atoms with E-state index in [0.29, 0.717) is 17.9 Å². The van der Waals surface area contributed by atoms with Crippen LogP contribution in [0.3, 0.4) is 0 Å². The molecule has 1 aromatic carbocycles. The van der Waals surface area contributed by atoms with Gasteiger partial charge in [-0.1, -0.05) is 12.1 Å². The largest absolute Gasteiger partial charge is 0.354 e. The predicted octanol–water partition coefficient (Wildman–Crippen LogP) is 2.30. The van der Waals surface area contributed by atoms with Crippen molar-refractivity contribution < 1.29 is 8.42 Å². The number of sulfonamides is 1. The zero-order valence-electron chi connectivity index (χ0n) is 15.5. The second-order valence-electron chi connectivity index (χ2n) is 6.89. The fraction of sp³-hybridized carbons (Fsp3) is 0.389. The summed E-state index contributed by atoms with van der Waals surface area (Å²) in [6.07, 6.45) is 1.80. The van der Waals surface area contributed by atoms with Crippen LogP contribution in [0.25, 0.3) is 0 Å². The van der Waals surface area contributed by atoms with Crippen LogP contribution in [0.5, 0.6) is 0 Å². The van der Waals surface area contributed by atoms with Gasteiger partial charge in [-0.3, -0.25) is 4.90 Å². The van der Waals surface area contributed by atoms with Crippen molar-refractivity contribution in [3.05, 3.63) is 42.6 Å². The molecule has 3 heterocycles. The SMILES string of the molecule is CC(CN1CCN(c2ccccn2)CC1)NS(=O)(=O)c1cccc2c1N=S=N2. The Hall–Kier alpha value is -2.14. The van der Waals surface area contributed by atoms with Crippen LogP contribution in [0.1, 0.15) is 6.92 Å². The quantitative estimate of drug-likeness (QED) is 0.663. The van der Waals surface area contributed by atoms with E-state index in [2.05, 4.69) is 28.2 Å². The first-order chi connectivity index (χ1) is 13.5. The Morgan fingerprint density at radius 3 is 2.68 bits per heavy atom. The smallest absolute Gasteiger partial charge is 0.243 e. The van der Waals surface area contributed by atoms with Crippen molar-refractivity contribution in [2.75, 3.05) is 37.6 Å². The lowest BCUT2D eigenvalue weighted by molar-refractivity contribution is 0.241. The molecular weight excluding hydrogens is 396 g/mol. The first-order valence-corrected chi connectivity index (χ1v) is 11.4. The van der Waals surface area contributed by atoms with Gasteiger partial charge in [0, 0.05) is 45.0 Å². The third kappa shape index (κ3) is 4.14. The van der Waals surface area contributed by atoms with Crippen LogP contribution in [0.2, 0.25) is 0 Å². The Morgan fingerprint density at radius 1 is 1.11 bits per heavy atom. The molecule has 0 amide bonds. The summed E-state index contributed by atoms with van der Waals surface area (Å²) < 4.78 is 36.7. The number of aromatic nitrogens is 1. The van der Waals surface area contributed by atoms with Crippen LogP contribution in [0.4, 0.5) is 17.2 Å². The van der Waals surface area contributed by atoms with Crippen molar-refractivity contribution >= 4 is 38.6 Å². The molecule has 0 bridgehead atoms. The maximum Gasteiger partial charge on any atom is 0.243 e. The molecule has 1 atom stereocenters. The van der Waals surface area contributed by atoms with E-state index < -0.39 is 10.0 Å². The standard InChI is InChI=1S/C18H22N6O2S2/c1-14(13-23-9-11-24(12-10-23)17-7-2-3-8-19-17)22-28(25,26)16-6-4-5-15-18(16)21-27-20-15/h2-8,14,22H,9-13H2,1H3. The summed E-state index contributed by atoms with van der Waals surface area (Å²) in [6.45, 7) is 6.03. The Labute approximate surface area is 168 Å². The van der Waals surface area contributed by atoms with Crippen molar-refractivity contribution in [3.8, 4) is 0 Å². The molecule has 0 spiro atoms. The van der Waals surface area contributed by atoms with Gasteiger partial charge in [-0.2, -0.15) is 8.73 Å². The highest BCUT2D eigenvalue weighted by atomic mass is 32.2. The van der Waals surface area contributed by atoms with Gasteiger partial charge in [0.2, 0.25) is 10.0 Å². The van der Waals surface area contributed by atoms with Gasteiger partial charge in [-0.25, -0.2) is 18.1 Å². The Bertz CT molecular complexity index is 1010. The molecule has 1 fully saturated rings. The molecule has 8 nitrogen and oxygen atoms in total. The maximum atomic E-state index is 12.8. The molecule has 148 valence electrons. The minimum Gasteiger partial charge on any atom is -0.354 e. The van der Waals surface area contributed by atoms with Crippen molar-refractivity contribution in [2.24, 2.45) is 8.73 Å². The Morgan fingerprint density at radius 2 is 1.93 bits per heavy atom. The highest BCUT2D eigenvalue weighted by Gasteiger charge is 2.26. The van der Waals surface area contributed by atoms with Crippen molar-refractivity contribution in [1.82, 2.24) is 14.6 Å². The number of anilines is 1. The van der Waals surface area contributed by atoms with Gasteiger partial charge in [0.15, 0.2) is 0 Å². The average molecular weight is 419 g/mol. The molecule has 0 saturated carbocycles. The van der Waals surface area contributed by atoms with Gasteiger partial charge >= 0.3 is 0 Å². The van der Waals surface area contributed by atoms with Gasteiger partial charge in [0.1, 0.15) is 22.1 Å². The van der Waals surface area contributed by atoms with Gasteiger partial charge in [0.05, 0.1) is 11.4 Å². The summed E-state index contributed by atoms with van der Waals surface area (Å²) in [5, 5.41) is 0. The number of nitrogens with one attached hydrogen (secondary N) is 1. The zero-order valence-corrected chi connectivity index (χ0v) is 17.2. The first-order valence-electron chi connectivity index (χ1n) is 9.15. The molecule has 2 aliphatic rings. The summed E-state index contributed by atoms with van der Waals surface area (Å²) in [5.41, 5.74) is 1.03. The summed E-state index contributed by atoms with van der Waals surface area (Å²) in [4.78, 5) is 9.11. The number of benzene rings is 1. The Balaban J connectivity index is 1.34. The first kappa shape index (κ1) is 19.2. The fourth-order valence-corrected chi connectivity index (χ4v) is 5.45. The van der Waals surface area contributed by atoms with Gasteiger partial charge in [-0.05, 0) is 31.2 Å². The molecule has 10 heteroatoms. The van der Waals surface area contributed by atoms with Crippen LogP contribution < -0.4 is 9.62 Å². The van der Waals surface area contributed by atoms with E-state index in [0.717, 1.165) is 43.4 Å². The van der Waals surface area contributed by atoms with Gasteiger partial charge in [0.25, 0.3) is 0 Å². The number of rotatable bonds is 6. The third-order valence-electron chi connectivity index (χ3n) is 4.77. The van der Waals surface area contributed by atoms with Crippen LogP contribution in [-0.2, 0) is 21.4 Å². The molecule has 1 N–H and O–H groups in total. The number of piperazine rings is 1. The van der Waals surface area contributed by atoms with E-state index in [1.54, 1.807) is 24.4 Å². The molecule has 4 rings (SSSR count). The topological polar surface area (TPSA) is 90.3 Å². The summed E-state index contributed by atoms with van der Waals surface area (Å²) in [6, 6.07) is 10.7. The Kier molecular flexibility index (Phi) is 5.54. The second-order valence-corrected chi connectivity index (χ2v) is 9.10. The highest BCUT2D eigenvalue weighted by Crippen LogP contribution is 2.37. The van der Waals surface area contributed by atoms with Gasteiger partial charge < -0.3 is 4.90 Å². The lowest BCUT2D eigenvalue weighted by Gasteiger charge is -2.36. The van der Waals surface area contributed by atoms with Crippen molar-refractivity contribution in [2.45, 2.75) is 17.9 Å². The monoisotopic (exact) mass is 418 g/mol. The second kappa shape index (κ2) is 8.08. The minimum absolute atomic E-state index is 0.186. The molecule has 1 aromatic heterocycles. The minimum atomic E-state index is -3.65. The van der Waals surface area contributed by atoms with Crippen molar-refractivity contribution in [1.29, 1.82) is 0 Å². The molecule has 2 aliphatic heterocycles. The fourth-order valence-electron chi connectivity index (χ4n) is 3.45. The molecule has 1 saturated heterocycles. The number of hydrogen-bond donors (Lipinski definition) is 1. The maximum absolute atomic E-state index is 12.8. The molecule has 0 aliphatic carbocycles. The molecule has 2 aromatic rings. The lowest BCUT2D eigenvalue weighted by Crippen LogP contribution is -2.51. The van der Waals surface area contributed by atoms with Crippen LogP contribution in [-0.4, -0.2) is 57.1 Å². The molecular formula is C18H22N6O2S2. The van der Waals surface area contributed by atoms with Crippen molar-refractivity contribution in [3.63, 3.8) is 0 Å². The van der Waals surface area contributed by atoms with Crippen LogP contribution >= 0.6 is 0 Å². The lowest BCUT2D eigenvalue weighted by atomic mass is 10.2. The van der Waals surface area contributed by atoms with Gasteiger partial charge in [-0.15, -0.1) is 0 Å². The molecule has 0 radical (unpaired) electrons. The number of hydrogen-bond acceptors (Lipinski definition) is 7. The van der Waals surface area contributed by atoms with E-state index in [1.807, 2.05) is 25.1 Å². The van der Waals surface area contributed by atoms with Crippen LogP contribution in [0.15, 0.2) is 56.2 Å². The zero-order chi connectivity index (χ0) is 19.6. The normalized spacial score (nSPS) is 18.0. The van der Waals surface area contributed by atoms with Crippen LogP contribution in [0, 0.1) is 0 Å². The third-order valence-corrected chi connectivity index (χ3v) is 6.94. The predicted molar refractivity (Wildman–Crippen MR) is 111 cm³/mol.